The maximum absolute atomic E-state index is 13.7. The van der Waals surface area contributed by atoms with Gasteiger partial charge in [-0.25, -0.2) is 4.79 Å². The number of ketones is 1. The van der Waals surface area contributed by atoms with Gasteiger partial charge < -0.3 is 19.3 Å². The van der Waals surface area contributed by atoms with Crippen molar-refractivity contribution in [2.24, 2.45) is 33.0 Å². The molecule has 0 aliphatic heterocycles. The van der Waals surface area contributed by atoms with Crippen LogP contribution >= 0.6 is 0 Å². The number of allylic oxidation sites excluding steroid dienone is 7. The Balaban J connectivity index is 1.11. The highest BCUT2D eigenvalue weighted by Gasteiger charge is 2.67. The molecule has 49 heavy (non-hydrogen) atoms. The number of fused-ring (bicyclic) bond motifs is 7. The standard InChI is InChI=1S/C42H52O7/c1-27-30-14-15-33-40(4,31(30)25-32(43)36(27)45)20-22-42(6)34-26-39(3,18-17-38(34,2)19-21-41(33,42)5)37(46)49-24-8-23-48-35(44)16-11-28-9-12-29(47-7)13-10-28/h9-16,25,34,45H,8,17-24,26H2,1-7H3/b16-11+/t34-,38-,39-,40+,41-,42+/m1/s1. The Hall–Kier alpha value is -3.87. The minimum Gasteiger partial charge on any atom is -0.504 e. The Morgan fingerprint density at radius 2 is 1.61 bits per heavy atom. The molecule has 262 valence electrons. The summed E-state index contributed by atoms with van der Waals surface area (Å²) >= 11 is 0. The van der Waals surface area contributed by atoms with Crippen LogP contribution in [0.25, 0.3) is 6.08 Å². The van der Waals surface area contributed by atoms with Crippen molar-refractivity contribution < 1.29 is 33.7 Å². The van der Waals surface area contributed by atoms with Crippen molar-refractivity contribution >= 4 is 23.8 Å². The second-order valence-electron chi connectivity index (χ2n) is 16.4. The number of benzene rings is 1. The van der Waals surface area contributed by atoms with Gasteiger partial charge in [0.15, 0.2) is 5.76 Å². The summed E-state index contributed by atoms with van der Waals surface area (Å²) in [4.78, 5) is 38.7. The molecule has 6 atom stereocenters. The van der Waals surface area contributed by atoms with E-state index in [2.05, 4.69) is 46.8 Å². The molecule has 5 aliphatic carbocycles. The Bertz CT molecular complexity index is 1710. The molecule has 0 unspecified atom stereocenters. The summed E-state index contributed by atoms with van der Waals surface area (Å²) < 4.78 is 16.4. The van der Waals surface area contributed by atoms with Gasteiger partial charge in [-0.15, -0.1) is 0 Å². The van der Waals surface area contributed by atoms with E-state index in [0.29, 0.717) is 17.9 Å². The maximum Gasteiger partial charge on any atom is 0.330 e. The third-order valence-corrected chi connectivity index (χ3v) is 13.7. The highest BCUT2D eigenvalue weighted by atomic mass is 16.5. The lowest BCUT2D eigenvalue weighted by molar-refractivity contribution is -0.182. The van der Waals surface area contributed by atoms with Crippen molar-refractivity contribution in [2.75, 3.05) is 20.3 Å². The highest BCUT2D eigenvalue weighted by Crippen LogP contribution is 2.75. The number of methoxy groups -OCH3 is 1. The van der Waals surface area contributed by atoms with E-state index in [1.54, 1.807) is 19.3 Å². The molecule has 1 aromatic rings. The molecule has 0 radical (unpaired) electrons. The lowest BCUT2D eigenvalue weighted by Gasteiger charge is -2.70. The van der Waals surface area contributed by atoms with Gasteiger partial charge in [0.2, 0.25) is 5.78 Å². The molecule has 1 aromatic carbocycles. The van der Waals surface area contributed by atoms with E-state index >= 15 is 0 Å². The molecular formula is C42H52O7. The molecular weight excluding hydrogens is 616 g/mol. The molecule has 7 nitrogen and oxygen atoms in total. The number of aliphatic hydroxyl groups is 1. The Morgan fingerprint density at radius 3 is 2.33 bits per heavy atom. The van der Waals surface area contributed by atoms with E-state index < -0.39 is 11.4 Å². The average Bonchev–Trinajstić information content (AvgIpc) is 3.08. The summed E-state index contributed by atoms with van der Waals surface area (Å²) in [5, 5.41) is 10.4. The zero-order valence-corrected chi connectivity index (χ0v) is 30.2. The third kappa shape index (κ3) is 5.71. The number of rotatable bonds is 8. The summed E-state index contributed by atoms with van der Waals surface area (Å²) in [6.45, 7) is 13.9. The topological polar surface area (TPSA) is 99.1 Å². The molecule has 6 rings (SSSR count). The van der Waals surface area contributed by atoms with Gasteiger partial charge in [-0.3, -0.25) is 9.59 Å². The van der Waals surface area contributed by atoms with E-state index in [0.717, 1.165) is 67.4 Å². The van der Waals surface area contributed by atoms with E-state index in [9.17, 15) is 19.5 Å². The van der Waals surface area contributed by atoms with Gasteiger partial charge in [0.25, 0.3) is 0 Å². The van der Waals surface area contributed by atoms with Crippen LogP contribution < -0.4 is 4.74 Å². The molecule has 3 fully saturated rings. The molecule has 5 aliphatic rings. The fraction of sp³-hybridized carbons (Fsp3) is 0.548. The first-order chi connectivity index (χ1) is 23.1. The van der Waals surface area contributed by atoms with Crippen molar-refractivity contribution in [3.63, 3.8) is 0 Å². The van der Waals surface area contributed by atoms with Gasteiger partial charge in [-0.05, 0) is 122 Å². The van der Waals surface area contributed by atoms with Crippen LogP contribution in [0, 0.1) is 33.0 Å². The molecule has 0 spiro atoms. The van der Waals surface area contributed by atoms with Crippen LogP contribution in [0.4, 0.5) is 0 Å². The van der Waals surface area contributed by atoms with Crippen LogP contribution in [0.3, 0.4) is 0 Å². The minimum absolute atomic E-state index is 0.0432. The van der Waals surface area contributed by atoms with Crippen molar-refractivity contribution in [3.8, 4) is 5.75 Å². The summed E-state index contributed by atoms with van der Waals surface area (Å²) in [5.41, 5.74) is 4.04. The molecule has 0 aromatic heterocycles. The van der Waals surface area contributed by atoms with Crippen molar-refractivity contribution in [2.45, 2.75) is 92.9 Å². The second-order valence-corrected chi connectivity index (χ2v) is 16.4. The number of carbonyl (C=O) groups is 3. The third-order valence-electron chi connectivity index (χ3n) is 13.7. The lowest BCUT2D eigenvalue weighted by Crippen LogP contribution is -2.62. The van der Waals surface area contributed by atoms with Crippen LogP contribution in [0.5, 0.6) is 5.75 Å². The fourth-order valence-electron chi connectivity index (χ4n) is 10.1. The van der Waals surface area contributed by atoms with Gasteiger partial charge in [0.1, 0.15) is 5.75 Å². The van der Waals surface area contributed by atoms with Crippen molar-refractivity contribution in [1.29, 1.82) is 0 Å². The van der Waals surface area contributed by atoms with Crippen LogP contribution in [0.1, 0.15) is 98.5 Å². The summed E-state index contributed by atoms with van der Waals surface area (Å²) in [6, 6.07) is 7.38. The van der Waals surface area contributed by atoms with E-state index in [-0.39, 0.29) is 52.4 Å². The van der Waals surface area contributed by atoms with E-state index in [1.165, 1.54) is 11.6 Å². The number of ether oxygens (including phenoxy) is 3. The van der Waals surface area contributed by atoms with Gasteiger partial charge in [0, 0.05) is 23.5 Å². The summed E-state index contributed by atoms with van der Waals surface area (Å²) in [6.07, 6.45) is 16.2. The fourth-order valence-corrected chi connectivity index (χ4v) is 10.1. The number of hydrogen-bond donors (Lipinski definition) is 1. The zero-order valence-electron chi connectivity index (χ0n) is 30.2. The first-order valence-corrected chi connectivity index (χ1v) is 17.9. The number of aliphatic hydroxyl groups excluding tert-OH is 1. The summed E-state index contributed by atoms with van der Waals surface area (Å²) in [5.74, 6) is 0.0284. The molecule has 1 N–H and O–H groups in total. The monoisotopic (exact) mass is 668 g/mol. The Kier molecular flexibility index (Phi) is 8.90. The zero-order chi connectivity index (χ0) is 35.4. The largest absolute Gasteiger partial charge is 0.504 e. The van der Waals surface area contributed by atoms with Gasteiger partial charge in [-0.2, -0.15) is 0 Å². The number of hydrogen-bond acceptors (Lipinski definition) is 7. The molecule has 0 saturated heterocycles. The van der Waals surface area contributed by atoms with Gasteiger partial charge in [-0.1, -0.05) is 57.6 Å². The smallest absolute Gasteiger partial charge is 0.330 e. The van der Waals surface area contributed by atoms with E-state index in [4.69, 9.17) is 14.2 Å². The molecule has 0 heterocycles. The predicted molar refractivity (Wildman–Crippen MR) is 189 cm³/mol. The summed E-state index contributed by atoms with van der Waals surface area (Å²) in [7, 11) is 1.61. The number of carbonyl (C=O) groups excluding carboxylic acids is 3. The van der Waals surface area contributed by atoms with Gasteiger partial charge in [0.05, 0.1) is 25.7 Å². The first kappa shape index (κ1) is 35.0. The number of esters is 2. The predicted octanol–water partition coefficient (Wildman–Crippen LogP) is 8.81. The second kappa shape index (κ2) is 12.5. The van der Waals surface area contributed by atoms with Crippen molar-refractivity contribution in [3.05, 3.63) is 82.2 Å². The van der Waals surface area contributed by atoms with Gasteiger partial charge >= 0.3 is 11.9 Å². The highest BCUT2D eigenvalue weighted by molar-refractivity contribution is 6.06. The lowest BCUT2D eigenvalue weighted by atomic mass is 9.34. The normalized spacial score (nSPS) is 35.2. The van der Waals surface area contributed by atoms with Crippen LogP contribution in [0.2, 0.25) is 0 Å². The van der Waals surface area contributed by atoms with E-state index in [1.807, 2.05) is 31.2 Å². The minimum atomic E-state index is -0.588. The molecule has 7 heteroatoms. The SMILES string of the molecule is COc1ccc(/C=C/C(=O)OCCCOC(=O)[C@]2(C)CC[C@]3(C)CC[C@]4(C)C5=CC=C6C(=CC(=O)C(O)=C6C)[C@]5(C)CC[C@@]4(C)[C@@H]3C2)cc1. The van der Waals surface area contributed by atoms with Crippen molar-refractivity contribution in [1.82, 2.24) is 0 Å². The molecule has 3 saturated carbocycles. The molecule has 0 amide bonds. The first-order valence-electron chi connectivity index (χ1n) is 17.9. The Labute approximate surface area is 291 Å². The molecule has 0 bridgehead atoms. The van der Waals surface area contributed by atoms with Crippen LogP contribution in [-0.2, 0) is 23.9 Å². The Morgan fingerprint density at radius 1 is 0.918 bits per heavy atom. The van der Waals surface area contributed by atoms with Crippen LogP contribution in [-0.4, -0.2) is 43.2 Å². The quantitative estimate of drug-likeness (QED) is 0.168. The maximum atomic E-state index is 13.7. The van der Waals surface area contributed by atoms with Crippen LogP contribution in [0.15, 0.2) is 76.6 Å². The average molecular weight is 669 g/mol.